The molecule has 0 saturated carbocycles. The highest BCUT2D eigenvalue weighted by Crippen LogP contribution is 2.28. The molecule has 1 aromatic heterocycles. The van der Waals surface area contributed by atoms with Gasteiger partial charge >= 0.3 is 5.97 Å². The van der Waals surface area contributed by atoms with E-state index in [1.54, 1.807) is 13.3 Å². The Balaban J connectivity index is 2.08. The molecule has 0 radical (unpaired) electrons. The molecule has 0 aliphatic heterocycles. The second kappa shape index (κ2) is 7.41. The van der Waals surface area contributed by atoms with E-state index >= 15 is 0 Å². The van der Waals surface area contributed by atoms with E-state index in [-0.39, 0.29) is 0 Å². The number of esters is 1. The van der Waals surface area contributed by atoms with Crippen LogP contribution in [-0.2, 0) is 4.74 Å². The average molecular weight is 331 g/mol. The maximum atomic E-state index is 12.0. The summed E-state index contributed by atoms with van der Waals surface area (Å²) < 4.78 is 10.0. The Bertz CT molecular complexity index is 929. The van der Waals surface area contributed by atoms with Crippen molar-refractivity contribution in [3.8, 4) is 28.7 Å². The summed E-state index contributed by atoms with van der Waals surface area (Å²) in [5.41, 5.74) is 3.61. The van der Waals surface area contributed by atoms with Gasteiger partial charge in [-0.25, -0.2) is 4.79 Å². The van der Waals surface area contributed by atoms with Gasteiger partial charge in [0.15, 0.2) is 0 Å². The molecule has 0 bridgehead atoms. The number of aromatic nitrogens is 1. The van der Waals surface area contributed by atoms with Gasteiger partial charge in [0, 0.05) is 17.3 Å². The normalized spacial score (nSPS) is 9.84. The van der Waals surface area contributed by atoms with Crippen molar-refractivity contribution < 1.29 is 14.3 Å². The van der Waals surface area contributed by atoms with Crippen molar-refractivity contribution in [2.75, 3.05) is 14.2 Å². The molecule has 0 fully saturated rings. The lowest BCUT2D eigenvalue weighted by Gasteiger charge is -2.03. The van der Waals surface area contributed by atoms with Gasteiger partial charge in [0.2, 0.25) is 0 Å². The van der Waals surface area contributed by atoms with Crippen LogP contribution in [0.5, 0.6) is 5.75 Å². The molecule has 0 saturated heterocycles. The SMILES string of the molecule is COC(=O)c1[nH]cc(-c2ccc(OC)cc2)c1C#Cc1ccccc1. The molecular formula is C21H17NO3. The number of hydrogen-bond donors (Lipinski definition) is 1. The van der Waals surface area contributed by atoms with E-state index in [0.717, 1.165) is 22.4 Å². The molecule has 0 aliphatic carbocycles. The summed E-state index contributed by atoms with van der Waals surface area (Å²) in [6.07, 6.45) is 1.77. The number of methoxy groups -OCH3 is 2. The first-order chi connectivity index (χ1) is 12.2. The van der Waals surface area contributed by atoms with Gasteiger partial charge in [-0.2, -0.15) is 0 Å². The fourth-order valence-electron chi connectivity index (χ4n) is 2.47. The van der Waals surface area contributed by atoms with Crippen LogP contribution in [0.3, 0.4) is 0 Å². The second-order valence-corrected chi connectivity index (χ2v) is 5.29. The average Bonchev–Trinajstić information content (AvgIpc) is 3.10. The largest absolute Gasteiger partial charge is 0.497 e. The Kier molecular flexibility index (Phi) is 4.87. The Morgan fingerprint density at radius 1 is 0.960 bits per heavy atom. The van der Waals surface area contributed by atoms with Gasteiger partial charge in [-0.15, -0.1) is 0 Å². The van der Waals surface area contributed by atoms with E-state index in [2.05, 4.69) is 16.8 Å². The number of carbonyl (C=O) groups excluding carboxylic acids is 1. The molecule has 3 aromatic rings. The highest BCUT2D eigenvalue weighted by molar-refractivity contribution is 5.94. The minimum atomic E-state index is -0.447. The van der Waals surface area contributed by atoms with Crippen molar-refractivity contribution in [1.82, 2.24) is 4.98 Å². The molecule has 0 unspecified atom stereocenters. The summed E-state index contributed by atoms with van der Waals surface area (Å²) in [5.74, 6) is 6.52. The monoisotopic (exact) mass is 331 g/mol. The Morgan fingerprint density at radius 2 is 1.68 bits per heavy atom. The first-order valence-electron chi connectivity index (χ1n) is 7.74. The number of benzene rings is 2. The number of nitrogens with one attached hydrogen (secondary N) is 1. The van der Waals surface area contributed by atoms with E-state index in [1.807, 2.05) is 54.6 Å². The highest BCUT2D eigenvalue weighted by atomic mass is 16.5. The third-order valence-corrected chi connectivity index (χ3v) is 3.78. The summed E-state index contributed by atoms with van der Waals surface area (Å²) in [5, 5.41) is 0. The fraction of sp³-hybridized carbons (Fsp3) is 0.0952. The first kappa shape index (κ1) is 16.4. The van der Waals surface area contributed by atoms with Gasteiger partial charge in [0.25, 0.3) is 0 Å². The maximum absolute atomic E-state index is 12.0. The lowest BCUT2D eigenvalue weighted by atomic mass is 10.0. The van der Waals surface area contributed by atoms with E-state index in [0.29, 0.717) is 11.3 Å². The molecule has 4 heteroatoms. The summed E-state index contributed by atoms with van der Waals surface area (Å²) in [7, 11) is 2.97. The zero-order valence-corrected chi connectivity index (χ0v) is 14.0. The van der Waals surface area contributed by atoms with Gasteiger partial charge in [-0.1, -0.05) is 42.2 Å². The molecule has 0 aliphatic rings. The molecule has 3 rings (SSSR count). The Labute approximate surface area is 146 Å². The quantitative estimate of drug-likeness (QED) is 0.585. The summed E-state index contributed by atoms with van der Waals surface area (Å²) in [4.78, 5) is 15.0. The maximum Gasteiger partial charge on any atom is 0.355 e. The van der Waals surface area contributed by atoms with Crippen LogP contribution in [0.1, 0.15) is 21.6 Å². The minimum Gasteiger partial charge on any atom is -0.497 e. The van der Waals surface area contributed by atoms with Crippen molar-refractivity contribution >= 4 is 5.97 Å². The van der Waals surface area contributed by atoms with E-state index in [4.69, 9.17) is 9.47 Å². The number of carbonyl (C=O) groups is 1. The number of ether oxygens (including phenoxy) is 2. The van der Waals surface area contributed by atoms with Gasteiger partial charge < -0.3 is 14.5 Å². The molecule has 1 heterocycles. The molecular weight excluding hydrogens is 314 g/mol. The summed E-state index contributed by atoms with van der Waals surface area (Å²) >= 11 is 0. The molecule has 0 spiro atoms. The van der Waals surface area contributed by atoms with Crippen LogP contribution in [0, 0.1) is 11.8 Å². The number of rotatable bonds is 3. The molecule has 1 N–H and O–H groups in total. The topological polar surface area (TPSA) is 51.3 Å². The molecule has 124 valence electrons. The zero-order chi connectivity index (χ0) is 17.6. The van der Waals surface area contributed by atoms with E-state index in [1.165, 1.54) is 7.11 Å². The van der Waals surface area contributed by atoms with Crippen molar-refractivity contribution in [3.05, 3.63) is 77.6 Å². The lowest BCUT2D eigenvalue weighted by molar-refractivity contribution is 0.0594. The third kappa shape index (κ3) is 3.56. The van der Waals surface area contributed by atoms with E-state index in [9.17, 15) is 4.79 Å². The van der Waals surface area contributed by atoms with Gasteiger partial charge in [-0.3, -0.25) is 0 Å². The molecule has 4 nitrogen and oxygen atoms in total. The third-order valence-electron chi connectivity index (χ3n) is 3.78. The number of hydrogen-bond acceptors (Lipinski definition) is 3. The van der Waals surface area contributed by atoms with Gasteiger partial charge in [-0.05, 0) is 29.8 Å². The molecule has 0 amide bonds. The Morgan fingerprint density at radius 3 is 2.32 bits per heavy atom. The van der Waals surface area contributed by atoms with Crippen molar-refractivity contribution in [3.63, 3.8) is 0 Å². The van der Waals surface area contributed by atoms with Crippen molar-refractivity contribution in [1.29, 1.82) is 0 Å². The molecule has 25 heavy (non-hydrogen) atoms. The van der Waals surface area contributed by atoms with Crippen LogP contribution in [-0.4, -0.2) is 25.2 Å². The minimum absolute atomic E-state index is 0.344. The van der Waals surface area contributed by atoms with Crippen molar-refractivity contribution in [2.24, 2.45) is 0 Å². The fourth-order valence-corrected chi connectivity index (χ4v) is 2.47. The van der Waals surface area contributed by atoms with Crippen LogP contribution in [0.4, 0.5) is 0 Å². The zero-order valence-electron chi connectivity index (χ0n) is 14.0. The van der Waals surface area contributed by atoms with Crippen LogP contribution in [0.25, 0.3) is 11.1 Å². The number of H-pyrrole nitrogens is 1. The summed E-state index contributed by atoms with van der Waals surface area (Å²) in [6.45, 7) is 0. The van der Waals surface area contributed by atoms with Crippen LogP contribution in [0.2, 0.25) is 0 Å². The van der Waals surface area contributed by atoms with E-state index < -0.39 is 5.97 Å². The van der Waals surface area contributed by atoms with Gasteiger partial charge in [0.05, 0.1) is 19.8 Å². The lowest BCUT2D eigenvalue weighted by Crippen LogP contribution is -2.03. The number of aromatic amines is 1. The first-order valence-corrected chi connectivity index (χ1v) is 7.74. The standard InChI is InChI=1S/C21H17NO3/c1-24-17-11-9-16(10-12-17)19-14-22-20(21(23)25-2)18(19)13-8-15-6-4-3-5-7-15/h3-7,9-12,14,22H,1-2H3. The molecule has 2 aromatic carbocycles. The smallest absolute Gasteiger partial charge is 0.355 e. The predicted octanol–water partition coefficient (Wildman–Crippen LogP) is 3.88. The highest BCUT2D eigenvalue weighted by Gasteiger charge is 2.17. The Hall–Kier alpha value is -3.45. The summed E-state index contributed by atoms with van der Waals surface area (Å²) in [6, 6.07) is 17.2. The van der Waals surface area contributed by atoms with Gasteiger partial charge in [0.1, 0.15) is 11.4 Å². The molecule has 0 atom stereocenters. The van der Waals surface area contributed by atoms with Crippen LogP contribution >= 0.6 is 0 Å². The second-order valence-electron chi connectivity index (χ2n) is 5.29. The van der Waals surface area contributed by atoms with Crippen LogP contribution < -0.4 is 4.74 Å². The van der Waals surface area contributed by atoms with Crippen molar-refractivity contribution in [2.45, 2.75) is 0 Å². The predicted molar refractivity (Wildman–Crippen MR) is 96.5 cm³/mol. The van der Waals surface area contributed by atoms with Crippen LogP contribution in [0.15, 0.2) is 60.8 Å².